The minimum atomic E-state index is -0.188. The third kappa shape index (κ3) is 4.29. The maximum absolute atomic E-state index is 14.1. The molecule has 1 N–H and O–H groups in total. The molecule has 0 heterocycles. The van der Waals surface area contributed by atoms with E-state index in [1.807, 2.05) is 37.3 Å². The Morgan fingerprint density at radius 3 is 2.76 bits per heavy atom. The van der Waals surface area contributed by atoms with Crippen LogP contribution >= 0.6 is 15.9 Å². The lowest BCUT2D eigenvalue weighted by atomic mass is 9.98. The van der Waals surface area contributed by atoms with Crippen molar-refractivity contribution in [1.82, 2.24) is 5.32 Å². The fourth-order valence-electron chi connectivity index (χ4n) is 2.36. The first-order valence-corrected chi connectivity index (χ1v) is 7.74. The Morgan fingerprint density at radius 2 is 2.05 bits per heavy atom. The first-order valence-electron chi connectivity index (χ1n) is 6.95. The molecule has 0 fully saturated rings. The molecule has 0 saturated heterocycles. The molecule has 0 aliphatic carbocycles. The van der Waals surface area contributed by atoms with E-state index in [0.717, 1.165) is 22.3 Å². The van der Waals surface area contributed by atoms with Gasteiger partial charge in [0.05, 0.1) is 7.11 Å². The summed E-state index contributed by atoms with van der Waals surface area (Å²) in [5.74, 6) is 0.629. The first kappa shape index (κ1) is 16.0. The summed E-state index contributed by atoms with van der Waals surface area (Å²) in [5, 5.41) is 3.35. The van der Waals surface area contributed by atoms with Crippen LogP contribution in [0.4, 0.5) is 4.39 Å². The lowest BCUT2D eigenvalue weighted by Crippen LogP contribution is -2.24. The summed E-state index contributed by atoms with van der Waals surface area (Å²) in [6.07, 6.45) is 0.707. The van der Waals surface area contributed by atoms with Gasteiger partial charge in [-0.05, 0) is 48.9 Å². The second-order valence-electron chi connectivity index (χ2n) is 4.83. The van der Waals surface area contributed by atoms with Gasteiger partial charge in [0.2, 0.25) is 0 Å². The number of hydrogen-bond donors (Lipinski definition) is 1. The SMILES string of the molecule is CCNC(Cc1cccc(OC)c1)c1cc(Br)ccc1F. The molecule has 0 saturated carbocycles. The maximum Gasteiger partial charge on any atom is 0.128 e. The Balaban J connectivity index is 2.28. The molecule has 21 heavy (non-hydrogen) atoms. The largest absolute Gasteiger partial charge is 0.497 e. The second kappa shape index (κ2) is 7.57. The molecule has 0 aromatic heterocycles. The van der Waals surface area contributed by atoms with Crippen molar-refractivity contribution in [2.75, 3.05) is 13.7 Å². The van der Waals surface area contributed by atoms with Crippen molar-refractivity contribution in [3.05, 3.63) is 63.9 Å². The number of methoxy groups -OCH3 is 1. The average Bonchev–Trinajstić information content (AvgIpc) is 2.49. The van der Waals surface area contributed by atoms with Gasteiger partial charge in [0.1, 0.15) is 11.6 Å². The van der Waals surface area contributed by atoms with Crippen LogP contribution in [0.3, 0.4) is 0 Å². The number of nitrogens with one attached hydrogen (secondary N) is 1. The number of ether oxygens (including phenoxy) is 1. The quantitative estimate of drug-likeness (QED) is 0.827. The lowest BCUT2D eigenvalue weighted by Gasteiger charge is -2.20. The lowest BCUT2D eigenvalue weighted by molar-refractivity contribution is 0.413. The van der Waals surface area contributed by atoms with Crippen molar-refractivity contribution in [1.29, 1.82) is 0 Å². The van der Waals surface area contributed by atoms with E-state index in [2.05, 4.69) is 21.2 Å². The van der Waals surface area contributed by atoms with Crippen molar-refractivity contribution in [3.8, 4) is 5.75 Å². The minimum Gasteiger partial charge on any atom is -0.497 e. The van der Waals surface area contributed by atoms with Gasteiger partial charge in [0, 0.05) is 16.1 Å². The number of likely N-dealkylation sites (N-methyl/N-ethyl adjacent to an activating group) is 1. The van der Waals surface area contributed by atoms with E-state index in [1.165, 1.54) is 6.07 Å². The molecule has 1 unspecified atom stereocenters. The molecule has 0 aliphatic rings. The second-order valence-corrected chi connectivity index (χ2v) is 5.75. The van der Waals surface area contributed by atoms with Crippen molar-refractivity contribution in [3.63, 3.8) is 0 Å². The number of rotatable bonds is 6. The molecule has 1 atom stereocenters. The van der Waals surface area contributed by atoms with Crippen LogP contribution in [0.25, 0.3) is 0 Å². The van der Waals surface area contributed by atoms with Crippen molar-refractivity contribution in [2.24, 2.45) is 0 Å². The van der Waals surface area contributed by atoms with Crippen LogP contribution in [-0.4, -0.2) is 13.7 Å². The zero-order chi connectivity index (χ0) is 15.2. The van der Waals surface area contributed by atoms with Gasteiger partial charge in [-0.2, -0.15) is 0 Å². The Kier molecular flexibility index (Phi) is 5.76. The topological polar surface area (TPSA) is 21.3 Å². The van der Waals surface area contributed by atoms with Gasteiger partial charge in [0.15, 0.2) is 0 Å². The summed E-state index contributed by atoms with van der Waals surface area (Å²) in [6.45, 7) is 2.80. The summed E-state index contributed by atoms with van der Waals surface area (Å²) < 4.78 is 20.2. The van der Waals surface area contributed by atoms with E-state index < -0.39 is 0 Å². The highest BCUT2D eigenvalue weighted by Gasteiger charge is 2.16. The molecule has 0 radical (unpaired) electrons. The van der Waals surface area contributed by atoms with E-state index in [4.69, 9.17) is 4.74 Å². The molecular weight excluding hydrogens is 333 g/mol. The van der Waals surface area contributed by atoms with Crippen LogP contribution in [0, 0.1) is 5.82 Å². The van der Waals surface area contributed by atoms with Crippen LogP contribution in [0.5, 0.6) is 5.75 Å². The van der Waals surface area contributed by atoms with Gasteiger partial charge in [-0.3, -0.25) is 0 Å². The third-order valence-electron chi connectivity index (χ3n) is 3.36. The highest BCUT2D eigenvalue weighted by molar-refractivity contribution is 9.10. The van der Waals surface area contributed by atoms with Crippen LogP contribution in [0.15, 0.2) is 46.9 Å². The van der Waals surface area contributed by atoms with Crippen LogP contribution < -0.4 is 10.1 Å². The Bertz CT molecular complexity index is 603. The van der Waals surface area contributed by atoms with Crippen molar-refractivity contribution < 1.29 is 9.13 Å². The predicted octanol–water partition coefficient (Wildman–Crippen LogP) is 4.49. The van der Waals surface area contributed by atoms with Gasteiger partial charge in [-0.15, -0.1) is 0 Å². The first-order chi connectivity index (χ1) is 10.1. The molecule has 0 amide bonds. The molecule has 4 heteroatoms. The van der Waals surface area contributed by atoms with Crippen LogP contribution in [0.1, 0.15) is 24.1 Å². The third-order valence-corrected chi connectivity index (χ3v) is 3.85. The molecule has 0 spiro atoms. The summed E-state index contributed by atoms with van der Waals surface area (Å²) in [5.41, 5.74) is 1.79. The van der Waals surface area contributed by atoms with E-state index in [-0.39, 0.29) is 11.9 Å². The maximum atomic E-state index is 14.1. The molecule has 2 rings (SSSR count). The van der Waals surface area contributed by atoms with Gasteiger partial charge >= 0.3 is 0 Å². The zero-order valence-electron chi connectivity index (χ0n) is 12.2. The summed E-state index contributed by atoms with van der Waals surface area (Å²) >= 11 is 3.41. The smallest absolute Gasteiger partial charge is 0.128 e. The molecule has 2 nitrogen and oxygen atoms in total. The molecule has 2 aromatic rings. The van der Waals surface area contributed by atoms with E-state index in [9.17, 15) is 4.39 Å². The standard InChI is InChI=1S/C17H19BrFNO/c1-3-20-17(15-11-13(18)7-8-16(15)19)10-12-5-4-6-14(9-12)21-2/h4-9,11,17,20H,3,10H2,1-2H3. The highest BCUT2D eigenvalue weighted by atomic mass is 79.9. The van der Waals surface area contributed by atoms with Crippen LogP contribution in [0.2, 0.25) is 0 Å². The normalized spacial score (nSPS) is 12.2. The van der Waals surface area contributed by atoms with Gasteiger partial charge in [0.25, 0.3) is 0 Å². The molecular formula is C17H19BrFNO. The molecule has 2 aromatic carbocycles. The Hall–Kier alpha value is -1.39. The fraction of sp³-hybridized carbons (Fsp3) is 0.294. The van der Waals surface area contributed by atoms with Gasteiger partial charge < -0.3 is 10.1 Å². The van der Waals surface area contributed by atoms with Crippen molar-refractivity contribution in [2.45, 2.75) is 19.4 Å². The minimum absolute atomic E-state index is 0.0698. The fourth-order valence-corrected chi connectivity index (χ4v) is 2.73. The van der Waals surface area contributed by atoms with Gasteiger partial charge in [-0.25, -0.2) is 4.39 Å². The van der Waals surface area contributed by atoms with Crippen molar-refractivity contribution >= 4 is 15.9 Å². The summed E-state index contributed by atoms with van der Waals surface area (Å²) in [4.78, 5) is 0. The Morgan fingerprint density at radius 1 is 1.24 bits per heavy atom. The average molecular weight is 352 g/mol. The van der Waals surface area contributed by atoms with Gasteiger partial charge in [-0.1, -0.05) is 35.0 Å². The molecule has 112 valence electrons. The van der Waals surface area contributed by atoms with E-state index >= 15 is 0 Å². The highest BCUT2D eigenvalue weighted by Crippen LogP contribution is 2.26. The number of halogens is 2. The molecule has 0 aliphatic heterocycles. The zero-order valence-corrected chi connectivity index (χ0v) is 13.8. The number of hydrogen-bond acceptors (Lipinski definition) is 2. The van der Waals surface area contributed by atoms with E-state index in [0.29, 0.717) is 12.0 Å². The molecule has 0 bridgehead atoms. The Labute approximate surface area is 133 Å². The summed E-state index contributed by atoms with van der Waals surface area (Å²) in [7, 11) is 1.65. The number of benzene rings is 2. The summed E-state index contributed by atoms with van der Waals surface area (Å²) in [6, 6.07) is 12.9. The predicted molar refractivity (Wildman–Crippen MR) is 87.2 cm³/mol. The monoisotopic (exact) mass is 351 g/mol. The van der Waals surface area contributed by atoms with E-state index in [1.54, 1.807) is 13.2 Å². The van der Waals surface area contributed by atoms with Crippen LogP contribution in [-0.2, 0) is 6.42 Å².